The Morgan fingerprint density at radius 1 is 0.938 bits per heavy atom. The molecule has 0 saturated heterocycles. The van der Waals surface area contributed by atoms with Crippen LogP contribution in [0, 0.1) is 20.8 Å². The number of rotatable bonds is 2. The molecule has 1 aromatic carbocycles. The van der Waals surface area contributed by atoms with Crippen LogP contribution in [0.1, 0.15) is 16.7 Å². The third kappa shape index (κ3) is 2.40. The van der Waals surface area contributed by atoms with Crippen molar-refractivity contribution in [1.29, 1.82) is 0 Å². The van der Waals surface area contributed by atoms with Crippen LogP contribution in [0.2, 0.25) is 0 Å². The summed E-state index contributed by atoms with van der Waals surface area (Å²) in [5.74, 6) is 0.888. The summed E-state index contributed by atoms with van der Waals surface area (Å²) in [5, 5.41) is 3.33. The van der Waals surface area contributed by atoms with Gasteiger partial charge in [0.05, 0.1) is 0 Å². The predicted octanol–water partition coefficient (Wildman–Crippen LogP) is 3.75. The molecule has 1 aromatic heterocycles. The van der Waals surface area contributed by atoms with Gasteiger partial charge in [-0.1, -0.05) is 18.2 Å². The topological polar surface area (TPSA) is 24.9 Å². The van der Waals surface area contributed by atoms with Gasteiger partial charge >= 0.3 is 0 Å². The van der Waals surface area contributed by atoms with Crippen molar-refractivity contribution in [2.45, 2.75) is 20.8 Å². The number of aryl methyl sites for hydroxylation is 3. The number of aromatic nitrogens is 1. The second kappa shape index (κ2) is 4.35. The van der Waals surface area contributed by atoms with Gasteiger partial charge in [0.15, 0.2) is 0 Å². The Morgan fingerprint density at radius 2 is 1.69 bits per heavy atom. The number of hydrogen-bond acceptors (Lipinski definition) is 2. The highest BCUT2D eigenvalue weighted by Gasteiger charge is 1.99. The number of nitrogens with one attached hydrogen (secondary N) is 1. The number of benzene rings is 1. The smallest absolute Gasteiger partial charge is 0.130 e. The first-order chi connectivity index (χ1) is 7.65. The molecule has 0 aliphatic heterocycles. The van der Waals surface area contributed by atoms with Crippen molar-refractivity contribution in [3.8, 4) is 0 Å². The Balaban J connectivity index is 2.26. The number of pyridine rings is 1. The minimum absolute atomic E-state index is 0.888. The van der Waals surface area contributed by atoms with E-state index in [1.807, 2.05) is 19.2 Å². The van der Waals surface area contributed by atoms with Gasteiger partial charge in [0, 0.05) is 11.9 Å². The first-order valence-electron chi connectivity index (χ1n) is 5.42. The highest BCUT2D eigenvalue weighted by molar-refractivity contribution is 5.61. The third-order valence-electron chi connectivity index (χ3n) is 2.57. The zero-order valence-electron chi connectivity index (χ0n) is 9.91. The molecule has 0 amide bonds. The Morgan fingerprint density at radius 3 is 2.38 bits per heavy atom. The first-order valence-corrected chi connectivity index (χ1v) is 5.42. The van der Waals surface area contributed by atoms with Crippen molar-refractivity contribution in [3.63, 3.8) is 0 Å². The van der Waals surface area contributed by atoms with Crippen LogP contribution in [0.3, 0.4) is 0 Å². The van der Waals surface area contributed by atoms with E-state index in [1.54, 1.807) is 0 Å². The van der Waals surface area contributed by atoms with Crippen LogP contribution in [0.4, 0.5) is 11.5 Å². The zero-order chi connectivity index (χ0) is 11.5. The number of anilines is 2. The average molecular weight is 212 g/mol. The Hall–Kier alpha value is -1.83. The molecular formula is C14H16N2. The SMILES string of the molecule is Cc1ccc(Nc2cc(C)ccc2C)nc1. The molecule has 0 atom stereocenters. The minimum atomic E-state index is 0.888. The first kappa shape index (κ1) is 10.7. The molecule has 0 saturated carbocycles. The van der Waals surface area contributed by atoms with E-state index in [1.165, 1.54) is 16.7 Å². The molecule has 1 N–H and O–H groups in total. The molecule has 0 aliphatic rings. The van der Waals surface area contributed by atoms with Gasteiger partial charge in [0.2, 0.25) is 0 Å². The van der Waals surface area contributed by atoms with E-state index < -0.39 is 0 Å². The quantitative estimate of drug-likeness (QED) is 0.820. The molecule has 2 nitrogen and oxygen atoms in total. The van der Waals surface area contributed by atoms with Crippen LogP contribution in [-0.2, 0) is 0 Å². The largest absolute Gasteiger partial charge is 0.340 e. The predicted molar refractivity (Wildman–Crippen MR) is 68.2 cm³/mol. The molecule has 0 unspecified atom stereocenters. The van der Waals surface area contributed by atoms with E-state index in [-0.39, 0.29) is 0 Å². The number of nitrogens with zero attached hydrogens (tertiary/aromatic N) is 1. The van der Waals surface area contributed by atoms with Gasteiger partial charge in [-0.15, -0.1) is 0 Å². The summed E-state index contributed by atoms with van der Waals surface area (Å²) >= 11 is 0. The molecule has 16 heavy (non-hydrogen) atoms. The zero-order valence-corrected chi connectivity index (χ0v) is 9.91. The second-order valence-corrected chi connectivity index (χ2v) is 4.16. The van der Waals surface area contributed by atoms with Gasteiger partial charge < -0.3 is 5.32 Å². The van der Waals surface area contributed by atoms with Crippen molar-refractivity contribution in [1.82, 2.24) is 4.98 Å². The van der Waals surface area contributed by atoms with E-state index >= 15 is 0 Å². The lowest BCUT2D eigenvalue weighted by molar-refractivity contribution is 1.25. The lowest BCUT2D eigenvalue weighted by Crippen LogP contribution is -1.96. The Labute approximate surface area is 96.4 Å². The molecule has 2 rings (SSSR count). The van der Waals surface area contributed by atoms with Gasteiger partial charge in [-0.25, -0.2) is 4.98 Å². The standard InChI is InChI=1S/C14H16N2/c1-10-4-6-12(3)13(8-10)16-14-7-5-11(2)9-15-14/h4-9H,1-3H3,(H,15,16). The molecule has 1 heterocycles. The normalized spacial score (nSPS) is 10.2. The van der Waals surface area contributed by atoms with Gasteiger partial charge in [-0.05, 0) is 49.6 Å². The van der Waals surface area contributed by atoms with E-state index in [2.05, 4.69) is 48.4 Å². The molecular weight excluding hydrogens is 196 g/mol. The van der Waals surface area contributed by atoms with Crippen LogP contribution < -0.4 is 5.32 Å². The second-order valence-electron chi connectivity index (χ2n) is 4.16. The molecule has 82 valence electrons. The molecule has 0 bridgehead atoms. The van der Waals surface area contributed by atoms with Crippen molar-refractivity contribution in [2.24, 2.45) is 0 Å². The molecule has 0 radical (unpaired) electrons. The van der Waals surface area contributed by atoms with Crippen LogP contribution in [-0.4, -0.2) is 4.98 Å². The molecule has 2 heteroatoms. The lowest BCUT2D eigenvalue weighted by atomic mass is 10.1. The fourth-order valence-electron chi connectivity index (χ4n) is 1.55. The minimum Gasteiger partial charge on any atom is -0.340 e. The van der Waals surface area contributed by atoms with Crippen LogP contribution in [0.15, 0.2) is 36.5 Å². The maximum atomic E-state index is 4.33. The summed E-state index contributed by atoms with van der Waals surface area (Å²) in [6.45, 7) is 6.22. The van der Waals surface area contributed by atoms with Crippen molar-refractivity contribution in [3.05, 3.63) is 53.2 Å². The summed E-state index contributed by atoms with van der Waals surface area (Å²) in [7, 11) is 0. The summed E-state index contributed by atoms with van der Waals surface area (Å²) < 4.78 is 0. The van der Waals surface area contributed by atoms with Gasteiger partial charge in [-0.2, -0.15) is 0 Å². The summed E-state index contributed by atoms with van der Waals surface area (Å²) in [4.78, 5) is 4.33. The summed E-state index contributed by atoms with van der Waals surface area (Å²) in [6.07, 6.45) is 1.87. The van der Waals surface area contributed by atoms with Gasteiger partial charge in [0.25, 0.3) is 0 Å². The summed E-state index contributed by atoms with van der Waals surface area (Å²) in [6, 6.07) is 10.4. The lowest BCUT2D eigenvalue weighted by Gasteiger charge is -2.09. The van der Waals surface area contributed by atoms with Crippen molar-refractivity contribution >= 4 is 11.5 Å². The molecule has 0 fully saturated rings. The van der Waals surface area contributed by atoms with Gasteiger partial charge in [-0.3, -0.25) is 0 Å². The van der Waals surface area contributed by atoms with Gasteiger partial charge in [0.1, 0.15) is 5.82 Å². The van der Waals surface area contributed by atoms with E-state index in [9.17, 15) is 0 Å². The third-order valence-corrected chi connectivity index (χ3v) is 2.57. The van der Waals surface area contributed by atoms with Crippen molar-refractivity contribution < 1.29 is 0 Å². The van der Waals surface area contributed by atoms with E-state index in [0.29, 0.717) is 0 Å². The monoisotopic (exact) mass is 212 g/mol. The maximum absolute atomic E-state index is 4.33. The molecule has 0 aliphatic carbocycles. The summed E-state index contributed by atoms with van der Waals surface area (Å²) in [5.41, 5.74) is 4.77. The van der Waals surface area contributed by atoms with Crippen LogP contribution in [0.5, 0.6) is 0 Å². The van der Waals surface area contributed by atoms with Crippen LogP contribution >= 0.6 is 0 Å². The van der Waals surface area contributed by atoms with Crippen molar-refractivity contribution in [2.75, 3.05) is 5.32 Å². The highest BCUT2D eigenvalue weighted by Crippen LogP contribution is 2.20. The number of hydrogen-bond donors (Lipinski definition) is 1. The van der Waals surface area contributed by atoms with E-state index in [0.717, 1.165) is 11.5 Å². The Kier molecular flexibility index (Phi) is 2.91. The highest BCUT2D eigenvalue weighted by atomic mass is 15.0. The fourth-order valence-corrected chi connectivity index (χ4v) is 1.55. The fraction of sp³-hybridized carbons (Fsp3) is 0.214. The average Bonchev–Trinajstić information content (AvgIpc) is 2.27. The Bertz CT molecular complexity index is 487. The molecule has 2 aromatic rings. The van der Waals surface area contributed by atoms with Crippen LogP contribution in [0.25, 0.3) is 0 Å². The van der Waals surface area contributed by atoms with E-state index in [4.69, 9.17) is 0 Å². The maximum Gasteiger partial charge on any atom is 0.130 e. The molecule has 0 spiro atoms.